The molecule has 0 saturated carbocycles. The van der Waals surface area contributed by atoms with Gasteiger partial charge in [0.15, 0.2) is 0 Å². The van der Waals surface area contributed by atoms with Crippen LogP contribution in [-0.2, 0) is 18.9 Å². The summed E-state index contributed by atoms with van der Waals surface area (Å²) in [4.78, 5) is 24.1. The lowest BCUT2D eigenvalue weighted by Crippen LogP contribution is -2.46. The number of benzene rings is 2. The Hall–Kier alpha value is -2.78. The predicted molar refractivity (Wildman–Crippen MR) is 100 cm³/mol. The molecule has 154 valence electrons. The lowest BCUT2D eigenvalue weighted by atomic mass is 10.0. The SMILES string of the molecule is O=C(OC[C@@H]1OCO[C@H](COC(=O)c2ccccc2)[C@@H](O)[C@@H]1O)c1ccccc1. The molecule has 1 saturated heterocycles. The molecule has 0 unspecified atom stereocenters. The molecule has 1 aliphatic heterocycles. The van der Waals surface area contributed by atoms with Gasteiger partial charge in [-0.3, -0.25) is 0 Å². The van der Waals surface area contributed by atoms with Crippen LogP contribution < -0.4 is 0 Å². The minimum atomic E-state index is -1.40. The van der Waals surface area contributed by atoms with Crippen molar-refractivity contribution in [1.82, 2.24) is 0 Å². The summed E-state index contributed by atoms with van der Waals surface area (Å²) in [5, 5.41) is 20.7. The Balaban J connectivity index is 1.52. The monoisotopic (exact) mass is 402 g/mol. The zero-order chi connectivity index (χ0) is 20.6. The molecule has 0 bridgehead atoms. The summed E-state index contributed by atoms with van der Waals surface area (Å²) in [7, 11) is 0. The van der Waals surface area contributed by atoms with E-state index in [1.807, 2.05) is 0 Å². The van der Waals surface area contributed by atoms with Gasteiger partial charge in [-0.25, -0.2) is 9.59 Å². The number of ether oxygens (including phenoxy) is 4. The van der Waals surface area contributed by atoms with Gasteiger partial charge in [-0.2, -0.15) is 0 Å². The molecular formula is C21H22O8. The first-order valence-electron chi connectivity index (χ1n) is 9.10. The number of hydrogen-bond donors (Lipinski definition) is 2. The van der Waals surface area contributed by atoms with Crippen LogP contribution in [-0.4, -0.2) is 66.6 Å². The van der Waals surface area contributed by atoms with Crippen molar-refractivity contribution in [3.05, 3.63) is 71.8 Å². The minimum Gasteiger partial charge on any atom is -0.459 e. The Morgan fingerprint density at radius 3 is 1.52 bits per heavy atom. The molecule has 1 fully saturated rings. The van der Waals surface area contributed by atoms with Crippen LogP contribution in [0.4, 0.5) is 0 Å². The third kappa shape index (κ3) is 5.61. The summed E-state index contributed by atoms with van der Waals surface area (Å²) in [6, 6.07) is 16.7. The van der Waals surface area contributed by atoms with Gasteiger partial charge >= 0.3 is 11.9 Å². The Kier molecular flexibility index (Phi) is 7.31. The molecule has 0 spiro atoms. The number of aliphatic hydroxyl groups is 2. The number of aliphatic hydroxyl groups excluding tert-OH is 2. The second kappa shape index (κ2) is 10.1. The van der Waals surface area contributed by atoms with E-state index in [4.69, 9.17) is 18.9 Å². The number of esters is 2. The largest absolute Gasteiger partial charge is 0.459 e. The Labute approximate surface area is 167 Å². The number of rotatable bonds is 6. The van der Waals surface area contributed by atoms with E-state index in [-0.39, 0.29) is 20.0 Å². The highest BCUT2D eigenvalue weighted by molar-refractivity contribution is 5.89. The van der Waals surface area contributed by atoms with Crippen molar-refractivity contribution in [1.29, 1.82) is 0 Å². The third-order valence-electron chi connectivity index (χ3n) is 4.45. The first-order valence-corrected chi connectivity index (χ1v) is 9.10. The van der Waals surface area contributed by atoms with Crippen molar-refractivity contribution >= 4 is 11.9 Å². The summed E-state index contributed by atoms with van der Waals surface area (Å²) in [5.41, 5.74) is 0.719. The van der Waals surface area contributed by atoms with Crippen molar-refractivity contribution < 1.29 is 38.7 Å². The fourth-order valence-corrected chi connectivity index (χ4v) is 2.78. The molecule has 29 heavy (non-hydrogen) atoms. The van der Waals surface area contributed by atoms with Gasteiger partial charge in [0.25, 0.3) is 0 Å². The second-order valence-electron chi connectivity index (χ2n) is 6.44. The van der Waals surface area contributed by atoms with Gasteiger partial charge in [0.1, 0.15) is 44.4 Å². The highest BCUT2D eigenvalue weighted by Crippen LogP contribution is 2.17. The van der Waals surface area contributed by atoms with Crippen LogP contribution >= 0.6 is 0 Å². The Morgan fingerprint density at radius 2 is 1.14 bits per heavy atom. The van der Waals surface area contributed by atoms with Gasteiger partial charge in [0.2, 0.25) is 0 Å². The normalized spacial score (nSPS) is 24.3. The minimum absolute atomic E-state index is 0.269. The van der Waals surface area contributed by atoms with Gasteiger partial charge in [0, 0.05) is 0 Å². The van der Waals surface area contributed by atoms with Crippen LogP contribution in [0.3, 0.4) is 0 Å². The van der Waals surface area contributed by atoms with Gasteiger partial charge in [-0.1, -0.05) is 36.4 Å². The fourth-order valence-electron chi connectivity index (χ4n) is 2.78. The lowest BCUT2D eigenvalue weighted by Gasteiger charge is -2.25. The van der Waals surface area contributed by atoms with Gasteiger partial charge in [0.05, 0.1) is 11.1 Å². The van der Waals surface area contributed by atoms with Crippen molar-refractivity contribution in [2.45, 2.75) is 24.4 Å². The van der Waals surface area contributed by atoms with Crippen molar-refractivity contribution in [3.8, 4) is 0 Å². The first-order chi connectivity index (χ1) is 14.1. The van der Waals surface area contributed by atoms with Crippen LogP contribution in [0.1, 0.15) is 20.7 Å². The molecule has 8 heteroatoms. The van der Waals surface area contributed by atoms with Gasteiger partial charge < -0.3 is 29.2 Å². The molecule has 1 aliphatic rings. The smallest absolute Gasteiger partial charge is 0.338 e. The standard InChI is InChI=1S/C21H22O8/c22-18-16(11-26-20(24)14-7-3-1-4-8-14)28-13-29-17(19(18)23)12-27-21(25)15-9-5-2-6-10-15/h1-10,16-19,22-23H,11-13H2/t16-,17+,18-,19-/m1/s1. The summed E-state index contributed by atoms with van der Waals surface area (Å²) >= 11 is 0. The van der Waals surface area contributed by atoms with E-state index >= 15 is 0 Å². The molecule has 4 atom stereocenters. The molecule has 3 rings (SSSR count). The lowest BCUT2D eigenvalue weighted by molar-refractivity contribution is -0.125. The van der Waals surface area contributed by atoms with E-state index < -0.39 is 36.4 Å². The molecule has 2 N–H and O–H groups in total. The molecule has 2 aromatic carbocycles. The van der Waals surface area contributed by atoms with Crippen molar-refractivity contribution in [2.75, 3.05) is 20.0 Å². The van der Waals surface area contributed by atoms with Gasteiger partial charge in [-0.15, -0.1) is 0 Å². The zero-order valence-corrected chi connectivity index (χ0v) is 15.5. The average molecular weight is 402 g/mol. The Morgan fingerprint density at radius 1 is 0.759 bits per heavy atom. The second-order valence-corrected chi connectivity index (χ2v) is 6.44. The van der Waals surface area contributed by atoms with Crippen LogP contribution in [0, 0.1) is 0 Å². The molecule has 0 aliphatic carbocycles. The Bertz CT molecular complexity index is 727. The first kappa shape index (κ1) is 20.9. The maximum absolute atomic E-state index is 12.0. The summed E-state index contributed by atoms with van der Waals surface area (Å²) in [6.07, 6.45) is -4.79. The predicted octanol–water partition coefficient (Wildman–Crippen LogP) is 1.16. The van der Waals surface area contributed by atoms with E-state index in [9.17, 15) is 19.8 Å². The van der Waals surface area contributed by atoms with Crippen LogP contribution in [0.15, 0.2) is 60.7 Å². The highest BCUT2D eigenvalue weighted by Gasteiger charge is 2.38. The molecule has 2 aromatic rings. The zero-order valence-electron chi connectivity index (χ0n) is 15.5. The van der Waals surface area contributed by atoms with E-state index in [1.54, 1.807) is 60.7 Å². The van der Waals surface area contributed by atoms with Crippen LogP contribution in [0.5, 0.6) is 0 Å². The fraction of sp³-hybridized carbons (Fsp3) is 0.333. The van der Waals surface area contributed by atoms with E-state index in [2.05, 4.69) is 0 Å². The summed E-state index contributed by atoms with van der Waals surface area (Å²) < 4.78 is 21.0. The quantitative estimate of drug-likeness (QED) is 0.693. The van der Waals surface area contributed by atoms with Gasteiger partial charge in [-0.05, 0) is 24.3 Å². The third-order valence-corrected chi connectivity index (χ3v) is 4.45. The van der Waals surface area contributed by atoms with E-state index in [0.29, 0.717) is 11.1 Å². The molecule has 0 radical (unpaired) electrons. The maximum atomic E-state index is 12.0. The number of carbonyl (C=O) groups is 2. The maximum Gasteiger partial charge on any atom is 0.338 e. The molecule has 0 amide bonds. The molecule has 0 aromatic heterocycles. The van der Waals surface area contributed by atoms with Crippen LogP contribution in [0.2, 0.25) is 0 Å². The number of hydrogen-bond acceptors (Lipinski definition) is 8. The topological polar surface area (TPSA) is 112 Å². The van der Waals surface area contributed by atoms with E-state index in [1.165, 1.54) is 0 Å². The highest BCUT2D eigenvalue weighted by atomic mass is 16.7. The number of carbonyl (C=O) groups excluding carboxylic acids is 2. The summed E-state index contributed by atoms with van der Waals surface area (Å²) in [6.45, 7) is -0.813. The summed E-state index contributed by atoms with van der Waals surface area (Å²) in [5.74, 6) is -1.15. The van der Waals surface area contributed by atoms with E-state index in [0.717, 1.165) is 0 Å². The molecule has 8 nitrogen and oxygen atoms in total. The molecular weight excluding hydrogens is 380 g/mol. The average Bonchev–Trinajstić information content (AvgIpc) is 2.90. The molecule has 1 heterocycles. The van der Waals surface area contributed by atoms with Crippen molar-refractivity contribution in [2.24, 2.45) is 0 Å². The van der Waals surface area contributed by atoms with Crippen molar-refractivity contribution in [3.63, 3.8) is 0 Å². The van der Waals surface area contributed by atoms with Crippen LogP contribution in [0.25, 0.3) is 0 Å².